The Morgan fingerprint density at radius 2 is 1.02 bits per heavy atom. The van der Waals surface area contributed by atoms with Crippen LogP contribution >= 0.6 is 0 Å². The van der Waals surface area contributed by atoms with E-state index in [1.54, 1.807) is 0 Å². The number of likely N-dealkylation sites (N-methyl/N-ethyl adjacent to an activating group) is 2. The first-order valence-corrected chi connectivity index (χ1v) is 14.0. The minimum Gasteiger partial charge on any atom is -0.378 e. The smallest absolute Gasteiger partial charge is 0.378 e. The Bertz CT molecular complexity index is 1290. The predicted molar refractivity (Wildman–Crippen MR) is 161 cm³/mol. The zero-order chi connectivity index (χ0) is 29.2. The highest BCUT2D eigenvalue weighted by molar-refractivity contribution is 5.53. The minimum atomic E-state index is 0.659. The van der Waals surface area contributed by atoms with Crippen molar-refractivity contribution in [1.29, 1.82) is 0 Å². The maximum atomic E-state index is 6.03. The van der Waals surface area contributed by atoms with Crippen molar-refractivity contribution in [3.63, 3.8) is 0 Å². The van der Waals surface area contributed by atoms with Gasteiger partial charge in [0.1, 0.15) is 11.4 Å². The van der Waals surface area contributed by atoms with Crippen LogP contribution in [0.1, 0.15) is 13.8 Å². The van der Waals surface area contributed by atoms with Gasteiger partial charge in [-0.1, -0.05) is 10.2 Å². The third-order valence-corrected chi connectivity index (χ3v) is 7.00. The van der Waals surface area contributed by atoms with Crippen molar-refractivity contribution < 1.29 is 13.9 Å². The van der Waals surface area contributed by atoms with Crippen LogP contribution in [0.3, 0.4) is 0 Å². The van der Waals surface area contributed by atoms with E-state index in [1.165, 1.54) is 0 Å². The molecule has 0 N–H and O–H groups in total. The van der Waals surface area contributed by atoms with Gasteiger partial charge >= 0.3 is 11.9 Å². The van der Waals surface area contributed by atoms with Gasteiger partial charge in [0.05, 0.1) is 66.2 Å². The molecule has 0 amide bonds. The van der Waals surface area contributed by atoms with Gasteiger partial charge in [0.25, 0.3) is 0 Å². The summed E-state index contributed by atoms with van der Waals surface area (Å²) in [5.74, 6) is 1.58. The zero-order valence-electron chi connectivity index (χ0n) is 25.1. The molecule has 41 heavy (non-hydrogen) atoms. The molecule has 0 aliphatic rings. The molecule has 4 aromatic rings. The summed E-state index contributed by atoms with van der Waals surface area (Å²) in [6, 6.07) is 16.3. The Morgan fingerprint density at radius 3 is 1.34 bits per heavy atom. The molecule has 2 aromatic heterocycles. The van der Waals surface area contributed by atoms with E-state index >= 15 is 0 Å². The van der Waals surface area contributed by atoms with Gasteiger partial charge in [-0.15, -0.1) is 0 Å². The Morgan fingerprint density at radius 1 is 0.634 bits per heavy atom. The van der Waals surface area contributed by atoms with Crippen molar-refractivity contribution in [2.24, 2.45) is 48.6 Å². The monoisotopic (exact) mass is 558 g/mol. The van der Waals surface area contributed by atoms with Crippen molar-refractivity contribution in [3.05, 3.63) is 73.3 Å². The summed E-state index contributed by atoms with van der Waals surface area (Å²) in [6.45, 7) is 9.07. The number of hydrogen-bond acceptors (Lipinski definition) is 7. The first kappa shape index (κ1) is 29.6. The molecule has 0 aliphatic heterocycles. The fraction of sp³-hybridized carbons (Fsp3) is 0.400. The van der Waals surface area contributed by atoms with Crippen LogP contribution in [0.4, 0.5) is 34.6 Å². The van der Waals surface area contributed by atoms with Crippen molar-refractivity contribution >= 4 is 34.6 Å². The number of azo groups is 2. The fourth-order valence-corrected chi connectivity index (χ4v) is 4.50. The number of hydrogen-bond donors (Lipinski definition) is 0. The fourth-order valence-electron chi connectivity index (χ4n) is 4.50. The maximum absolute atomic E-state index is 6.03. The van der Waals surface area contributed by atoms with Crippen LogP contribution in [0.15, 0.2) is 93.8 Å². The van der Waals surface area contributed by atoms with Crippen LogP contribution < -0.4 is 18.9 Å². The van der Waals surface area contributed by atoms with Gasteiger partial charge in [-0.3, -0.25) is 0 Å². The summed E-state index contributed by atoms with van der Waals surface area (Å²) in [4.78, 5) is 4.61. The molecule has 11 heteroatoms. The summed E-state index contributed by atoms with van der Waals surface area (Å²) < 4.78 is 13.8. The number of aromatic nitrogens is 4. The highest BCUT2D eigenvalue weighted by atomic mass is 16.5. The number of ether oxygens (including phenoxy) is 1. The molecule has 0 saturated carbocycles. The van der Waals surface area contributed by atoms with Gasteiger partial charge in [-0.05, 0) is 62.4 Å². The van der Waals surface area contributed by atoms with Crippen LogP contribution in [-0.2, 0) is 32.9 Å². The zero-order valence-corrected chi connectivity index (χ0v) is 25.1. The Balaban J connectivity index is 1.22. The van der Waals surface area contributed by atoms with Gasteiger partial charge in [-0.2, -0.15) is 0 Å². The lowest BCUT2D eigenvalue weighted by Crippen LogP contribution is -2.30. The largest absolute Gasteiger partial charge is 0.421 e. The molecular formula is C30H42N10O+2. The molecule has 0 aliphatic carbocycles. The van der Waals surface area contributed by atoms with Crippen molar-refractivity contribution in [2.75, 3.05) is 49.2 Å². The van der Waals surface area contributed by atoms with Crippen LogP contribution in [0.5, 0.6) is 0 Å². The molecule has 0 spiro atoms. The Hall–Kier alpha value is -4.38. The normalized spacial score (nSPS) is 11.7. The molecule has 2 aromatic carbocycles. The van der Waals surface area contributed by atoms with Gasteiger partial charge in [0, 0.05) is 47.8 Å². The van der Waals surface area contributed by atoms with E-state index in [2.05, 4.69) is 68.4 Å². The lowest BCUT2D eigenvalue weighted by Gasteiger charge is -2.25. The van der Waals surface area contributed by atoms with E-state index in [9.17, 15) is 0 Å². The van der Waals surface area contributed by atoms with Crippen molar-refractivity contribution in [2.45, 2.75) is 13.8 Å². The second kappa shape index (κ2) is 14.3. The summed E-state index contributed by atoms with van der Waals surface area (Å²) >= 11 is 0. The molecule has 11 nitrogen and oxygen atoms in total. The molecular weight excluding hydrogens is 516 g/mol. The quantitative estimate of drug-likeness (QED) is 0.121. The second-order valence-electron chi connectivity index (χ2n) is 9.84. The van der Waals surface area contributed by atoms with Crippen LogP contribution in [0.2, 0.25) is 0 Å². The van der Waals surface area contributed by atoms with Crippen molar-refractivity contribution in [3.8, 4) is 0 Å². The van der Waals surface area contributed by atoms with Gasteiger partial charge in [0.2, 0.25) is 0 Å². The molecule has 0 atom stereocenters. The van der Waals surface area contributed by atoms with Crippen LogP contribution in [0, 0.1) is 0 Å². The van der Waals surface area contributed by atoms with Crippen LogP contribution in [-0.4, -0.2) is 48.5 Å². The molecule has 0 unspecified atom stereocenters. The van der Waals surface area contributed by atoms with E-state index in [0.29, 0.717) is 13.2 Å². The topological polar surface area (TPSA) is 82.8 Å². The van der Waals surface area contributed by atoms with Crippen LogP contribution in [0.25, 0.3) is 0 Å². The highest BCUT2D eigenvalue weighted by Crippen LogP contribution is 2.23. The predicted octanol–water partition coefficient (Wildman–Crippen LogP) is 5.21. The van der Waals surface area contributed by atoms with E-state index < -0.39 is 0 Å². The maximum Gasteiger partial charge on any atom is 0.421 e. The third-order valence-electron chi connectivity index (χ3n) is 7.00. The minimum absolute atomic E-state index is 0.659. The number of imidazole rings is 2. The molecule has 0 bridgehead atoms. The number of nitrogens with zero attached hydrogens (tertiary/aromatic N) is 10. The lowest BCUT2D eigenvalue weighted by molar-refractivity contribution is -0.657. The molecule has 0 fully saturated rings. The average Bonchev–Trinajstić information content (AvgIpc) is 3.49. The van der Waals surface area contributed by atoms with E-state index in [0.717, 1.165) is 60.8 Å². The molecule has 4 rings (SSSR count). The number of aryl methyl sites for hydroxylation is 4. The van der Waals surface area contributed by atoms with Gasteiger partial charge < -0.3 is 14.5 Å². The summed E-state index contributed by atoms with van der Waals surface area (Å²) in [5, 5.41) is 17.5. The van der Waals surface area contributed by atoms with Gasteiger partial charge in [0.15, 0.2) is 0 Å². The third kappa shape index (κ3) is 7.85. The summed E-state index contributed by atoms with van der Waals surface area (Å²) in [6.07, 6.45) is 7.82. The molecule has 0 radical (unpaired) electrons. The number of anilines is 2. The SMILES string of the molecule is CCN(CCOCCN(CC)c1ccc(N=Nc2n(C)cc[n+]2C)cc1)c1ccc(N=Nc2n(C)cc[n+]2C)cc1. The second-order valence-corrected chi connectivity index (χ2v) is 9.84. The average molecular weight is 559 g/mol. The lowest BCUT2D eigenvalue weighted by atomic mass is 10.2. The van der Waals surface area contributed by atoms with E-state index in [-0.39, 0.29) is 0 Å². The summed E-state index contributed by atoms with van der Waals surface area (Å²) in [5.41, 5.74) is 3.94. The molecule has 2 heterocycles. The highest BCUT2D eigenvalue weighted by Gasteiger charge is 2.12. The first-order chi connectivity index (χ1) is 19.9. The van der Waals surface area contributed by atoms with Crippen molar-refractivity contribution in [1.82, 2.24) is 9.13 Å². The summed E-state index contributed by atoms with van der Waals surface area (Å²) in [7, 11) is 7.82. The first-order valence-electron chi connectivity index (χ1n) is 14.0. The molecule has 0 saturated heterocycles. The number of benzene rings is 2. The Kier molecular flexibility index (Phi) is 10.3. The number of rotatable bonds is 14. The van der Waals surface area contributed by atoms with E-state index in [1.807, 2.05) is 95.5 Å². The standard InChI is InChI=1S/C30H42N10O/c1-7-39(27-13-9-25(10-14-27)31-33-29-35(3)17-18-36(29)4)21-23-41-24-22-40(8-2)28-15-11-26(12-16-28)32-34-30-37(5)19-20-38(30)6/h9-20H,7-8,21-24H2,1-6H3/q+2. The Labute approximate surface area is 242 Å². The molecule has 216 valence electrons. The van der Waals surface area contributed by atoms with E-state index in [4.69, 9.17) is 4.74 Å². The van der Waals surface area contributed by atoms with Gasteiger partial charge in [-0.25, -0.2) is 18.3 Å².